The van der Waals surface area contributed by atoms with Gasteiger partial charge in [-0.3, -0.25) is 0 Å². The minimum absolute atomic E-state index is 0.237. The molecule has 0 bridgehead atoms. The molecule has 3 heteroatoms. The highest BCUT2D eigenvalue weighted by Crippen LogP contribution is 2.17. The number of aliphatic hydroxyl groups is 1. The van der Waals surface area contributed by atoms with Crippen molar-refractivity contribution in [1.29, 1.82) is 0 Å². The zero-order chi connectivity index (χ0) is 13.5. The van der Waals surface area contributed by atoms with Gasteiger partial charge in [-0.25, -0.2) is 0 Å². The Morgan fingerprint density at radius 3 is 2.58 bits per heavy atom. The lowest BCUT2D eigenvalue weighted by atomic mass is 10.1. The third-order valence-corrected chi connectivity index (χ3v) is 2.80. The third-order valence-electron chi connectivity index (χ3n) is 2.80. The lowest BCUT2D eigenvalue weighted by molar-refractivity contribution is 0.108. The van der Waals surface area contributed by atoms with Gasteiger partial charge in [0.2, 0.25) is 0 Å². The van der Waals surface area contributed by atoms with E-state index in [1.165, 1.54) is 0 Å². The normalized spacial score (nSPS) is 12.1. The van der Waals surface area contributed by atoms with Crippen molar-refractivity contribution in [3.05, 3.63) is 65.7 Å². The van der Waals surface area contributed by atoms with Gasteiger partial charge in [-0.05, 0) is 23.3 Å². The second kappa shape index (κ2) is 6.92. The number of hydrogen-bond donors (Lipinski definition) is 1. The zero-order valence-corrected chi connectivity index (χ0v) is 11.0. The van der Waals surface area contributed by atoms with Crippen LogP contribution >= 0.6 is 0 Å². The summed E-state index contributed by atoms with van der Waals surface area (Å²) in [4.78, 5) is 0. The van der Waals surface area contributed by atoms with E-state index in [1.807, 2.05) is 54.6 Å². The summed E-state index contributed by atoms with van der Waals surface area (Å²) < 4.78 is 10.7. The minimum Gasteiger partial charge on any atom is -0.491 e. The molecule has 0 aliphatic heterocycles. The van der Waals surface area contributed by atoms with Gasteiger partial charge in [-0.15, -0.1) is 0 Å². The number of hydrogen-bond acceptors (Lipinski definition) is 3. The summed E-state index contributed by atoms with van der Waals surface area (Å²) in [7, 11) is 1.66. The van der Waals surface area contributed by atoms with Crippen LogP contribution in [0.25, 0.3) is 0 Å². The molecule has 0 fully saturated rings. The Hall–Kier alpha value is -1.84. The average molecular weight is 258 g/mol. The van der Waals surface area contributed by atoms with Crippen molar-refractivity contribution in [3.8, 4) is 5.75 Å². The highest BCUT2D eigenvalue weighted by Gasteiger charge is 2.07. The van der Waals surface area contributed by atoms with E-state index in [9.17, 15) is 5.11 Å². The molecule has 19 heavy (non-hydrogen) atoms. The maximum Gasteiger partial charge on any atom is 0.119 e. The van der Waals surface area contributed by atoms with E-state index >= 15 is 0 Å². The average Bonchev–Trinajstić information content (AvgIpc) is 2.46. The minimum atomic E-state index is -0.618. The van der Waals surface area contributed by atoms with Gasteiger partial charge in [-0.1, -0.05) is 42.5 Å². The van der Waals surface area contributed by atoms with Gasteiger partial charge in [0.05, 0.1) is 6.61 Å². The summed E-state index contributed by atoms with van der Waals surface area (Å²) in [5, 5.41) is 10.0. The van der Waals surface area contributed by atoms with Crippen molar-refractivity contribution in [2.45, 2.75) is 12.7 Å². The van der Waals surface area contributed by atoms with E-state index < -0.39 is 6.10 Å². The van der Waals surface area contributed by atoms with Gasteiger partial charge in [0.25, 0.3) is 0 Å². The summed E-state index contributed by atoms with van der Waals surface area (Å²) in [6.07, 6.45) is -0.618. The van der Waals surface area contributed by atoms with Gasteiger partial charge in [0.15, 0.2) is 0 Å². The molecule has 1 N–H and O–H groups in total. The molecule has 0 radical (unpaired) electrons. The molecule has 0 saturated heterocycles. The standard InChI is InChI=1S/C16H18O3/c1-18-11-13-6-5-9-15(10-13)19-12-16(17)14-7-3-2-4-8-14/h2-10,16-17H,11-12H2,1H3. The van der Waals surface area contributed by atoms with Crippen LogP contribution in [0.4, 0.5) is 0 Å². The molecule has 2 aromatic carbocycles. The van der Waals surface area contributed by atoms with E-state index in [0.717, 1.165) is 16.9 Å². The SMILES string of the molecule is COCc1cccc(OCC(O)c2ccccc2)c1. The Bertz CT molecular complexity index is 496. The molecule has 0 heterocycles. The third kappa shape index (κ3) is 4.09. The second-order valence-electron chi connectivity index (χ2n) is 4.32. The maximum absolute atomic E-state index is 10.0. The van der Waals surface area contributed by atoms with E-state index in [1.54, 1.807) is 7.11 Å². The fourth-order valence-corrected chi connectivity index (χ4v) is 1.84. The van der Waals surface area contributed by atoms with E-state index in [-0.39, 0.29) is 6.61 Å². The molecule has 2 rings (SSSR count). The van der Waals surface area contributed by atoms with Crippen molar-refractivity contribution in [2.75, 3.05) is 13.7 Å². The first-order chi connectivity index (χ1) is 9.29. The summed E-state index contributed by atoms with van der Waals surface area (Å²) in [6.45, 7) is 0.791. The highest BCUT2D eigenvalue weighted by atomic mass is 16.5. The first-order valence-electron chi connectivity index (χ1n) is 6.23. The molecule has 0 aliphatic rings. The fourth-order valence-electron chi connectivity index (χ4n) is 1.84. The lowest BCUT2D eigenvalue weighted by Crippen LogP contribution is -2.09. The zero-order valence-electron chi connectivity index (χ0n) is 11.0. The van der Waals surface area contributed by atoms with E-state index in [4.69, 9.17) is 9.47 Å². The number of methoxy groups -OCH3 is 1. The van der Waals surface area contributed by atoms with Crippen LogP contribution in [0.2, 0.25) is 0 Å². The monoisotopic (exact) mass is 258 g/mol. The van der Waals surface area contributed by atoms with Crippen LogP contribution in [0.5, 0.6) is 5.75 Å². The van der Waals surface area contributed by atoms with Crippen LogP contribution < -0.4 is 4.74 Å². The smallest absolute Gasteiger partial charge is 0.119 e. The predicted octanol–water partition coefficient (Wildman–Crippen LogP) is 2.95. The molecule has 1 atom stereocenters. The predicted molar refractivity (Wildman–Crippen MR) is 74.1 cm³/mol. The molecule has 3 nitrogen and oxygen atoms in total. The maximum atomic E-state index is 10.0. The van der Waals surface area contributed by atoms with Crippen molar-refractivity contribution in [3.63, 3.8) is 0 Å². The van der Waals surface area contributed by atoms with Gasteiger partial charge >= 0.3 is 0 Å². The fraction of sp³-hybridized carbons (Fsp3) is 0.250. The van der Waals surface area contributed by atoms with Crippen LogP contribution in [0, 0.1) is 0 Å². The molecule has 0 aliphatic carbocycles. The van der Waals surface area contributed by atoms with E-state index in [0.29, 0.717) is 6.61 Å². The topological polar surface area (TPSA) is 38.7 Å². The van der Waals surface area contributed by atoms with Gasteiger partial charge in [0.1, 0.15) is 18.5 Å². The van der Waals surface area contributed by atoms with Crippen LogP contribution in [0.15, 0.2) is 54.6 Å². The number of rotatable bonds is 6. The van der Waals surface area contributed by atoms with Crippen molar-refractivity contribution < 1.29 is 14.6 Å². The Kier molecular flexibility index (Phi) is 4.95. The van der Waals surface area contributed by atoms with Gasteiger partial charge in [0, 0.05) is 7.11 Å². The van der Waals surface area contributed by atoms with Crippen LogP contribution in [-0.2, 0) is 11.3 Å². The first kappa shape index (κ1) is 13.6. The van der Waals surface area contributed by atoms with Crippen molar-refractivity contribution >= 4 is 0 Å². The molecule has 1 unspecified atom stereocenters. The lowest BCUT2D eigenvalue weighted by Gasteiger charge is -2.13. The van der Waals surface area contributed by atoms with Crippen LogP contribution in [0.3, 0.4) is 0 Å². The van der Waals surface area contributed by atoms with E-state index in [2.05, 4.69) is 0 Å². The molecule has 100 valence electrons. The number of aliphatic hydroxyl groups excluding tert-OH is 1. The molecule has 0 spiro atoms. The number of ether oxygens (including phenoxy) is 2. The molecule has 0 amide bonds. The summed E-state index contributed by atoms with van der Waals surface area (Å²) in [6, 6.07) is 17.2. The summed E-state index contributed by atoms with van der Waals surface area (Å²) in [5.41, 5.74) is 1.91. The molecule has 2 aromatic rings. The van der Waals surface area contributed by atoms with Gasteiger partial charge < -0.3 is 14.6 Å². The highest BCUT2D eigenvalue weighted by molar-refractivity contribution is 5.28. The van der Waals surface area contributed by atoms with Gasteiger partial charge in [-0.2, -0.15) is 0 Å². The Balaban J connectivity index is 1.93. The van der Waals surface area contributed by atoms with Crippen molar-refractivity contribution in [1.82, 2.24) is 0 Å². The molecule has 0 aromatic heterocycles. The second-order valence-corrected chi connectivity index (χ2v) is 4.32. The first-order valence-corrected chi connectivity index (χ1v) is 6.23. The Morgan fingerprint density at radius 2 is 1.84 bits per heavy atom. The molecular weight excluding hydrogens is 240 g/mol. The quantitative estimate of drug-likeness (QED) is 0.865. The van der Waals surface area contributed by atoms with Crippen LogP contribution in [-0.4, -0.2) is 18.8 Å². The van der Waals surface area contributed by atoms with Crippen LogP contribution in [0.1, 0.15) is 17.2 Å². The Morgan fingerprint density at radius 1 is 1.05 bits per heavy atom. The summed E-state index contributed by atoms with van der Waals surface area (Å²) >= 11 is 0. The summed E-state index contributed by atoms with van der Waals surface area (Å²) in [5.74, 6) is 0.740. The molecule has 0 saturated carbocycles. The Labute approximate surface area is 113 Å². The molecular formula is C16H18O3. The number of benzene rings is 2. The largest absolute Gasteiger partial charge is 0.491 e. The van der Waals surface area contributed by atoms with Crippen molar-refractivity contribution in [2.24, 2.45) is 0 Å².